The fraction of sp³-hybridized carbons (Fsp3) is 0.273. The van der Waals surface area contributed by atoms with Crippen LogP contribution < -0.4 is 21.1 Å². The summed E-state index contributed by atoms with van der Waals surface area (Å²) < 4.78 is 5.52. The van der Waals surface area contributed by atoms with Crippen LogP contribution in [0.1, 0.15) is 17.4 Å². The van der Waals surface area contributed by atoms with Gasteiger partial charge in [-0.2, -0.15) is 0 Å². The van der Waals surface area contributed by atoms with Crippen molar-refractivity contribution in [3.8, 4) is 5.75 Å². The molecule has 0 aliphatic heterocycles. The molecule has 3 aromatic rings. The molecule has 0 saturated carbocycles. The van der Waals surface area contributed by atoms with Crippen LogP contribution in [0, 0.1) is 0 Å². The van der Waals surface area contributed by atoms with Crippen molar-refractivity contribution in [3.63, 3.8) is 0 Å². The third kappa shape index (κ3) is 7.34. The van der Waals surface area contributed by atoms with Crippen LogP contribution in [0.25, 0.3) is 0 Å². The number of nitrogens with two attached hydrogens (primary N) is 1. The fourth-order valence-electron chi connectivity index (χ4n) is 2.80. The van der Waals surface area contributed by atoms with Gasteiger partial charge in [-0.1, -0.05) is 30.3 Å². The number of carbonyl (C=O) groups is 1. The van der Waals surface area contributed by atoms with E-state index in [2.05, 4.69) is 15.6 Å². The van der Waals surface area contributed by atoms with Crippen LogP contribution in [0.2, 0.25) is 0 Å². The SMILES string of the molecule is Nc1nc(C(O)C(=O)Nc2ccc(CCNCC(O)COc3ccccc3)cc2)cs1. The van der Waals surface area contributed by atoms with Crippen molar-refractivity contribution in [1.82, 2.24) is 10.3 Å². The molecule has 2 aromatic carbocycles. The van der Waals surface area contributed by atoms with Gasteiger partial charge in [-0.05, 0) is 42.8 Å². The topological polar surface area (TPSA) is 130 Å². The van der Waals surface area contributed by atoms with Crippen LogP contribution in [-0.2, 0) is 11.2 Å². The summed E-state index contributed by atoms with van der Waals surface area (Å²) in [6.45, 7) is 1.35. The Morgan fingerprint density at radius 3 is 2.55 bits per heavy atom. The van der Waals surface area contributed by atoms with Gasteiger partial charge in [0.1, 0.15) is 18.5 Å². The highest BCUT2D eigenvalue weighted by molar-refractivity contribution is 7.13. The van der Waals surface area contributed by atoms with E-state index in [0.29, 0.717) is 23.9 Å². The largest absolute Gasteiger partial charge is 0.491 e. The first-order chi connectivity index (χ1) is 15.0. The summed E-state index contributed by atoms with van der Waals surface area (Å²) in [5.41, 5.74) is 7.42. The van der Waals surface area contributed by atoms with E-state index < -0.39 is 18.1 Å². The number of benzene rings is 2. The highest BCUT2D eigenvalue weighted by Gasteiger charge is 2.20. The van der Waals surface area contributed by atoms with Crippen molar-refractivity contribution in [3.05, 3.63) is 71.2 Å². The molecule has 0 radical (unpaired) electrons. The zero-order valence-electron chi connectivity index (χ0n) is 16.9. The number of carbonyl (C=O) groups excluding carboxylic acids is 1. The van der Waals surface area contributed by atoms with Gasteiger partial charge >= 0.3 is 0 Å². The number of hydrogen-bond acceptors (Lipinski definition) is 8. The summed E-state index contributed by atoms with van der Waals surface area (Å²) in [6.07, 6.45) is -1.20. The molecule has 0 fully saturated rings. The van der Waals surface area contributed by atoms with Gasteiger partial charge in [-0.15, -0.1) is 11.3 Å². The first kappa shape index (κ1) is 22.7. The van der Waals surface area contributed by atoms with E-state index >= 15 is 0 Å². The molecule has 2 atom stereocenters. The van der Waals surface area contributed by atoms with E-state index in [0.717, 1.165) is 17.7 Å². The average molecular weight is 443 g/mol. The van der Waals surface area contributed by atoms with Gasteiger partial charge in [0, 0.05) is 17.6 Å². The quantitative estimate of drug-likeness (QED) is 0.287. The molecule has 31 heavy (non-hydrogen) atoms. The summed E-state index contributed by atoms with van der Waals surface area (Å²) in [6, 6.07) is 16.7. The van der Waals surface area contributed by atoms with E-state index in [4.69, 9.17) is 10.5 Å². The molecule has 0 spiro atoms. The minimum atomic E-state index is -1.37. The molecule has 1 aromatic heterocycles. The lowest BCUT2D eigenvalue weighted by molar-refractivity contribution is -0.124. The summed E-state index contributed by atoms with van der Waals surface area (Å²) in [5.74, 6) is 0.170. The number of ether oxygens (including phenoxy) is 1. The number of para-hydroxylation sites is 1. The zero-order chi connectivity index (χ0) is 22.1. The Balaban J connectivity index is 1.35. The lowest BCUT2D eigenvalue weighted by Gasteiger charge is -2.13. The smallest absolute Gasteiger partial charge is 0.259 e. The van der Waals surface area contributed by atoms with Gasteiger partial charge in [0.2, 0.25) is 0 Å². The molecule has 0 saturated heterocycles. The Morgan fingerprint density at radius 2 is 1.87 bits per heavy atom. The second-order valence-corrected chi connectivity index (χ2v) is 7.82. The van der Waals surface area contributed by atoms with E-state index in [-0.39, 0.29) is 12.3 Å². The number of aromatic nitrogens is 1. The van der Waals surface area contributed by atoms with E-state index in [1.54, 1.807) is 17.5 Å². The van der Waals surface area contributed by atoms with Crippen molar-refractivity contribution in [1.29, 1.82) is 0 Å². The number of nitrogen functional groups attached to an aromatic ring is 1. The number of thiazole rings is 1. The summed E-state index contributed by atoms with van der Waals surface area (Å²) in [4.78, 5) is 16.1. The number of rotatable bonds is 11. The zero-order valence-corrected chi connectivity index (χ0v) is 17.7. The third-order valence-corrected chi connectivity index (χ3v) is 5.14. The molecule has 6 N–H and O–H groups in total. The van der Waals surface area contributed by atoms with Crippen molar-refractivity contribution >= 4 is 28.1 Å². The maximum Gasteiger partial charge on any atom is 0.259 e. The Morgan fingerprint density at radius 1 is 1.13 bits per heavy atom. The van der Waals surface area contributed by atoms with Crippen molar-refractivity contribution < 1.29 is 19.7 Å². The first-order valence-electron chi connectivity index (χ1n) is 9.86. The van der Waals surface area contributed by atoms with Crippen LogP contribution in [0.5, 0.6) is 5.75 Å². The summed E-state index contributed by atoms with van der Waals surface area (Å²) in [5, 5.41) is 27.8. The molecule has 0 bridgehead atoms. The Bertz CT molecular complexity index is 950. The molecule has 1 heterocycles. The van der Waals surface area contributed by atoms with Crippen molar-refractivity contribution in [2.24, 2.45) is 0 Å². The van der Waals surface area contributed by atoms with Gasteiger partial charge < -0.3 is 31.3 Å². The van der Waals surface area contributed by atoms with Crippen molar-refractivity contribution in [2.45, 2.75) is 18.6 Å². The van der Waals surface area contributed by atoms with Crippen LogP contribution in [0.3, 0.4) is 0 Å². The highest BCUT2D eigenvalue weighted by Crippen LogP contribution is 2.20. The molecule has 0 aliphatic rings. The fourth-order valence-corrected chi connectivity index (χ4v) is 3.38. The normalized spacial score (nSPS) is 12.8. The molecule has 0 aliphatic carbocycles. The number of hydrogen-bond donors (Lipinski definition) is 5. The van der Waals surface area contributed by atoms with E-state index in [1.165, 1.54) is 11.3 Å². The lowest BCUT2D eigenvalue weighted by atomic mass is 10.1. The summed E-state index contributed by atoms with van der Waals surface area (Å²) >= 11 is 1.17. The Kier molecular flexibility index (Phi) is 8.36. The van der Waals surface area contributed by atoms with E-state index in [1.807, 2.05) is 42.5 Å². The number of aliphatic hydroxyl groups excluding tert-OH is 2. The maximum atomic E-state index is 12.1. The molecular weight excluding hydrogens is 416 g/mol. The number of amides is 1. The van der Waals surface area contributed by atoms with E-state index in [9.17, 15) is 15.0 Å². The third-order valence-electron chi connectivity index (χ3n) is 4.45. The second kappa shape index (κ2) is 11.4. The van der Waals surface area contributed by atoms with Crippen LogP contribution in [0.4, 0.5) is 10.8 Å². The number of nitrogens with zero attached hydrogens (tertiary/aromatic N) is 1. The van der Waals surface area contributed by atoms with Gasteiger partial charge in [0.15, 0.2) is 11.2 Å². The molecule has 164 valence electrons. The molecule has 3 rings (SSSR count). The lowest BCUT2D eigenvalue weighted by Crippen LogP contribution is -2.32. The van der Waals surface area contributed by atoms with Gasteiger partial charge in [0.25, 0.3) is 5.91 Å². The average Bonchev–Trinajstić information content (AvgIpc) is 3.22. The minimum absolute atomic E-state index is 0.227. The van der Waals surface area contributed by atoms with Gasteiger partial charge in [-0.3, -0.25) is 4.79 Å². The number of anilines is 2. The summed E-state index contributed by atoms with van der Waals surface area (Å²) in [7, 11) is 0. The maximum absolute atomic E-state index is 12.1. The van der Waals surface area contributed by atoms with Crippen molar-refractivity contribution in [2.75, 3.05) is 30.7 Å². The number of aliphatic hydroxyl groups is 2. The molecule has 2 unspecified atom stereocenters. The Hall–Kier alpha value is -2.98. The predicted octanol–water partition coefficient (Wildman–Crippen LogP) is 1.97. The van der Waals surface area contributed by atoms with Gasteiger partial charge in [0.05, 0.1) is 5.69 Å². The Labute approximate surface area is 184 Å². The molecule has 1 amide bonds. The number of nitrogens with one attached hydrogen (secondary N) is 2. The molecule has 9 heteroatoms. The molecule has 8 nitrogen and oxygen atoms in total. The highest BCUT2D eigenvalue weighted by atomic mass is 32.1. The van der Waals surface area contributed by atoms with Crippen LogP contribution >= 0.6 is 11.3 Å². The van der Waals surface area contributed by atoms with Crippen LogP contribution in [-0.4, -0.2) is 46.9 Å². The minimum Gasteiger partial charge on any atom is -0.491 e. The molecular formula is C22H26N4O4S. The van der Waals surface area contributed by atoms with Gasteiger partial charge in [-0.25, -0.2) is 4.98 Å². The second-order valence-electron chi connectivity index (χ2n) is 6.93. The standard InChI is InChI=1S/C22H26N4O4S/c23-22-26-19(14-31-22)20(28)21(29)25-16-8-6-15(7-9-16)10-11-24-12-17(27)13-30-18-4-2-1-3-5-18/h1-9,14,17,20,24,27-28H,10-13H2,(H2,23,26)(H,25,29). The predicted molar refractivity (Wildman–Crippen MR) is 121 cm³/mol. The van der Waals surface area contributed by atoms with Crippen LogP contribution in [0.15, 0.2) is 60.0 Å². The monoisotopic (exact) mass is 442 g/mol. The first-order valence-corrected chi connectivity index (χ1v) is 10.7.